The van der Waals surface area contributed by atoms with Gasteiger partial charge < -0.3 is 9.36 Å². The fourth-order valence-electron chi connectivity index (χ4n) is 4.37. The number of nitrogens with zero attached hydrogens (tertiary/aromatic N) is 3. The Morgan fingerprint density at radius 2 is 1.69 bits per heavy atom. The largest absolute Gasteiger partial charge is 0.433 e. The van der Waals surface area contributed by atoms with E-state index in [1.807, 2.05) is 41.2 Å². The van der Waals surface area contributed by atoms with E-state index in [4.69, 9.17) is 0 Å². The summed E-state index contributed by atoms with van der Waals surface area (Å²) in [5.74, 6) is -1.11. The highest BCUT2D eigenvalue weighted by Gasteiger charge is 2.38. The van der Waals surface area contributed by atoms with Gasteiger partial charge in [0.15, 0.2) is 0 Å². The molecule has 39 heavy (non-hydrogen) atoms. The summed E-state index contributed by atoms with van der Waals surface area (Å²) in [7, 11) is 0. The summed E-state index contributed by atoms with van der Waals surface area (Å²) in [6.45, 7) is 0. The summed E-state index contributed by atoms with van der Waals surface area (Å²) < 4.78 is 82.8. The fourth-order valence-corrected chi connectivity index (χ4v) is 4.37. The molecule has 0 saturated heterocycles. The molecule has 0 spiro atoms. The third-order valence-corrected chi connectivity index (χ3v) is 6.25. The molecule has 200 valence electrons. The molecule has 1 unspecified atom stereocenters. The second kappa shape index (κ2) is 11.2. The van der Waals surface area contributed by atoms with Crippen molar-refractivity contribution in [2.75, 3.05) is 0 Å². The third kappa shape index (κ3) is 6.20. The van der Waals surface area contributed by atoms with E-state index in [-0.39, 0.29) is 17.4 Å². The van der Waals surface area contributed by atoms with E-state index in [1.54, 1.807) is 18.2 Å². The lowest BCUT2D eigenvalue weighted by molar-refractivity contribution is -0.142. The molecule has 4 aromatic rings. The maximum atomic E-state index is 13.5. The molecule has 0 aliphatic heterocycles. The van der Waals surface area contributed by atoms with Crippen molar-refractivity contribution in [3.05, 3.63) is 107 Å². The van der Waals surface area contributed by atoms with Crippen molar-refractivity contribution in [3.8, 4) is 11.8 Å². The molecule has 0 fully saturated rings. The van der Waals surface area contributed by atoms with Gasteiger partial charge >= 0.3 is 12.4 Å². The average Bonchev–Trinajstić information content (AvgIpc) is 3.43. The van der Waals surface area contributed by atoms with Crippen LogP contribution < -0.4 is 0 Å². The van der Waals surface area contributed by atoms with Crippen LogP contribution in [0.3, 0.4) is 0 Å². The number of nitriles is 1. The van der Waals surface area contributed by atoms with E-state index in [9.17, 15) is 36.4 Å². The standard InChI is InChI=1S/C29H21F6N3O/c30-28(31,32)24-10-6-9-22-23(16-26(29(33,34)35)37-27(22)24)20(18-39)8-3-1-2-7-19-11-12-25(21(15-19)17-36)38-13-4-5-14-38/h1,3-6,9-16,18,20H,2,7-8H2. The summed E-state index contributed by atoms with van der Waals surface area (Å²) in [5, 5.41) is 9.35. The van der Waals surface area contributed by atoms with E-state index in [0.29, 0.717) is 36.8 Å². The van der Waals surface area contributed by atoms with Gasteiger partial charge in [-0.3, -0.25) is 0 Å². The number of pyridine rings is 1. The Balaban J connectivity index is 1.54. The van der Waals surface area contributed by atoms with Gasteiger partial charge in [-0.1, -0.05) is 30.4 Å². The highest BCUT2D eigenvalue weighted by molar-refractivity contribution is 5.88. The van der Waals surface area contributed by atoms with Gasteiger partial charge in [0, 0.05) is 23.7 Å². The van der Waals surface area contributed by atoms with Gasteiger partial charge in [-0.25, -0.2) is 4.98 Å². The van der Waals surface area contributed by atoms with Crippen LogP contribution in [0.5, 0.6) is 0 Å². The molecule has 0 saturated carbocycles. The SMILES string of the molecule is N#Cc1cc(CCC=CCC(C=O)c2cc(C(F)(F)F)nc3c(C(F)(F)F)cccc23)ccc1-n1cccc1. The summed E-state index contributed by atoms with van der Waals surface area (Å²) >= 11 is 0. The molecule has 0 amide bonds. The van der Waals surface area contributed by atoms with Crippen LogP contribution in [-0.4, -0.2) is 15.8 Å². The van der Waals surface area contributed by atoms with E-state index in [1.165, 1.54) is 6.07 Å². The molecule has 4 rings (SSSR count). The van der Waals surface area contributed by atoms with Crippen LogP contribution in [0.15, 0.2) is 79.1 Å². The number of carbonyl (C=O) groups excluding carboxylic acids is 1. The Bertz CT molecular complexity index is 1550. The number of allylic oxidation sites excluding steroid dienone is 2. The summed E-state index contributed by atoms with van der Waals surface area (Å²) in [4.78, 5) is 15.2. The number of hydrogen-bond acceptors (Lipinski definition) is 3. The van der Waals surface area contributed by atoms with Crippen LogP contribution in [0.1, 0.15) is 46.7 Å². The Morgan fingerprint density at radius 1 is 0.949 bits per heavy atom. The molecule has 0 N–H and O–H groups in total. The quantitative estimate of drug-likeness (QED) is 0.130. The second-order valence-electron chi connectivity index (χ2n) is 8.84. The van der Waals surface area contributed by atoms with E-state index < -0.39 is 35.0 Å². The predicted molar refractivity (Wildman–Crippen MR) is 133 cm³/mol. The van der Waals surface area contributed by atoms with E-state index in [2.05, 4.69) is 11.1 Å². The summed E-state index contributed by atoms with van der Waals surface area (Å²) in [6.07, 6.45) is -1.39. The lowest BCUT2D eigenvalue weighted by atomic mass is 9.91. The zero-order chi connectivity index (χ0) is 28.2. The molecule has 0 radical (unpaired) electrons. The summed E-state index contributed by atoms with van der Waals surface area (Å²) in [6, 6.07) is 15.0. The predicted octanol–water partition coefficient (Wildman–Crippen LogP) is 7.80. The van der Waals surface area contributed by atoms with Crippen molar-refractivity contribution in [1.29, 1.82) is 5.26 Å². The number of fused-ring (bicyclic) bond motifs is 1. The Kier molecular flexibility index (Phi) is 7.90. The van der Waals surface area contributed by atoms with Crippen molar-refractivity contribution in [1.82, 2.24) is 9.55 Å². The maximum Gasteiger partial charge on any atom is 0.433 e. The number of hydrogen-bond donors (Lipinski definition) is 0. The molecule has 2 heterocycles. The van der Waals surface area contributed by atoms with Crippen molar-refractivity contribution >= 4 is 17.2 Å². The number of aldehydes is 1. The Labute approximate surface area is 219 Å². The molecule has 0 aliphatic carbocycles. The Hall–Kier alpha value is -4.39. The van der Waals surface area contributed by atoms with Crippen molar-refractivity contribution in [2.45, 2.75) is 37.5 Å². The van der Waals surface area contributed by atoms with E-state index >= 15 is 0 Å². The number of aryl methyl sites for hydroxylation is 1. The number of benzene rings is 2. The minimum atomic E-state index is -5.00. The van der Waals surface area contributed by atoms with Gasteiger partial charge in [-0.05, 0) is 66.8 Å². The first-order valence-electron chi connectivity index (χ1n) is 11.9. The molecule has 0 bridgehead atoms. The average molecular weight is 541 g/mol. The Morgan fingerprint density at radius 3 is 2.33 bits per heavy atom. The lowest BCUT2D eigenvalue weighted by Crippen LogP contribution is -2.14. The van der Waals surface area contributed by atoms with Crippen molar-refractivity contribution < 1.29 is 31.1 Å². The van der Waals surface area contributed by atoms with Crippen LogP contribution >= 0.6 is 0 Å². The van der Waals surface area contributed by atoms with Gasteiger partial charge in [0.05, 0.1) is 22.3 Å². The number of halogens is 6. The van der Waals surface area contributed by atoms with Gasteiger partial charge in [0.2, 0.25) is 0 Å². The first-order chi connectivity index (χ1) is 18.5. The van der Waals surface area contributed by atoms with Crippen LogP contribution in [-0.2, 0) is 23.6 Å². The number of carbonyl (C=O) groups is 1. The molecule has 10 heteroatoms. The topological polar surface area (TPSA) is 58.7 Å². The number of aromatic nitrogens is 2. The third-order valence-electron chi connectivity index (χ3n) is 6.25. The first-order valence-corrected chi connectivity index (χ1v) is 11.9. The molecule has 2 aromatic heterocycles. The van der Waals surface area contributed by atoms with Crippen LogP contribution in [0.2, 0.25) is 0 Å². The fraction of sp³-hybridized carbons (Fsp3) is 0.207. The van der Waals surface area contributed by atoms with E-state index in [0.717, 1.165) is 17.3 Å². The number of rotatable bonds is 8. The minimum Gasteiger partial charge on any atom is -0.323 e. The molecule has 0 aliphatic rings. The summed E-state index contributed by atoms with van der Waals surface area (Å²) in [5.41, 5.74) is -1.67. The van der Waals surface area contributed by atoms with Crippen molar-refractivity contribution in [2.24, 2.45) is 0 Å². The number of alkyl halides is 6. The monoisotopic (exact) mass is 541 g/mol. The highest BCUT2D eigenvalue weighted by Crippen LogP contribution is 2.39. The molecule has 1 atom stereocenters. The smallest absolute Gasteiger partial charge is 0.323 e. The van der Waals surface area contributed by atoms with Crippen LogP contribution in [0, 0.1) is 11.3 Å². The van der Waals surface area contributed by atoms with Crippen molar-refractivity contribution in [3.63, 3.8) is 0 Å². The first kappa shape index (κ1) is 27.6. The van der Waals surface area contributed by atoms with Gasteiger partial charge in [-0.2, -0.15) is 31.6 Å². The van der Waals surface area contributed by atoms with Gasteiger partial charge in [0.25, 0.3) is 0 Å². The van der Waals surface area contributed by atoms with Gasteiger partial charge in [0.1, 0.15) is 18.0 Å². The van der Waals surface area contributed by atoms with Crippen LogP contribution in [0.4, 0.5) is 26.3 Å². The second-order valence-corrected chi connectivity index (χ2v) is 8.84. The molecular formula is C29H21F6N3O. The zero-order valence-electron chi connectivity index (χ0n) is 20.3. The molecule has 2 aromatic carbocycles. The normalized spacial score (nSPS) is 13.1. The lowest BCUT2D eigenvalue weighted by Gasteiger charge is -2.18. The maximum absolute atomic E-state index is 13.5. The van der Waals surface area contributed by atoms with Crippen LogP contribution in [0.25, 0.3) is 16.6 Å². The minimum absolute atomic E-state index is 0.00777. The zero-order valence-corrected chi connectivity index (χ0v) is 20.3. The number of para-hydroxylation sites is 1. The molecular weight excluding hydrogens is 520 g/mol. The molecule has 4 nitrogen and oxygen atoms in total. The highest BCUT2D eigenvalue weighted by atomic mass is 19.4. The van der Waals surface area contributed by atoms with Gasteiger partial charge in [-0.15, -0.1) is 0 Å².